The van der Waals surface area contributed by atoms with Gasteiger partial charge in [0.05, 0.1) is 22.5 Å². The van der Waals surface area contributed by atoms with Crippen LogP contribution in [0.5, 0.6) is 0 Å². The first-order chi connectivity index (χ1) is 14.7. The Morgan fingerprint density at radius 1 is 1.13 bits per heavy atom. The molecule has 31 heavy (non-hydrogen) atoms. The molecule has 0 aliphatic rings. The van der Waals surface area contributed by atoms with Crippen LogP contribution in [0.1, 0.15) is 12.5 Å². The van der Waals surface area contributed by atoms with E-state index in [4.69, 9.17) is 11.6 Å². The minimum atomic E-state index is -3.84. The SMILES string of the molecule is CC(=O)Nc1cn2nc(-c3cnc(Cl)c(NS(=O)(=O)c4ccc(C)cc4)c3)ccc2n1. The number of hydrogen-bond donors (Lipinski definition) is 2. The normalized spacial score (nSPS) is 11.5. The first kappa shape index (κ1) is 20.8. The van der Waals surface area contributed by atoms with Crippen LogP contribution in [0.25, 0.3) is 16.9 Å². The fourth-order valence-electron chi connectivity index (χ4n) is 2.86. The van der Waals surface area contributed by atoms with E-state index in [2.05, 4.69) is 25.1 Å². The van der Waals surface area contributed by atoms with Gasteiger partial charge in [-0.05, 0) is 37.3 Å². The lowest BCUT2D eigenvalue weighted by atomic mass is 10.2. The lowest BCUT2D eigenvalue weighted by Gasteiger charge is -2.11. The van der Waals surface area contributed by atoms with Crippen molar-refractivity contribution in [1.29, 1.82) is 0 Å². The largest absolute Gasteiger partial charge is 0.310 e. The maximum atomic E-state index is 12.7. The highest BCUT2D eigenvalue weighted by molar-refractivity contribution is 7.92. The van der Waals surface area contributed by atoms with Gasteiger partial charge in [0.15, 0.2) is 16.6 Å². The molecule has 0 spiro atoms. The van der Waals surface area contributed by atoms with Gasteiger partial charge in [-0.1, -0.05) is 29.3 Å². The second-order valence-corrected chi connectivity index (χ2v) is 8.85. The highest BCUT2D eigenvalue weighted by atomic mass is 35.5. The molecule has 0 unspecified atom stereocenters. The number of sulfonamides is 1. The number of pyridine rings is 1. The van der Waals surface area contributed by atoms with Crippen LogP contribution in [0.2, 0.25) is 5.15 Å². The molecule has 0 aliphatic carbocycles. The first-order valence-corrected chi connectivity index (χ1v) is 11.0. The summed E-state index contributed by atoms with van der Waals surface area (Å²) in [6.07, 6.45) is 3.07. The molecule has 3 heterocycles. The van der Waals surface area contributed by atoms with Crippen LogP contribution >= 0.6 is 11.6 Å². The van der Waals surface area contributed by atoms with Crippen LogP contribution in [0.4, 0.5) is 11.5 Å². The molecule has 4 rings (SSSR count). The third-order valence-electron chi connectivity index (χ3n) is 4.33. The Morgan fingerprint density at radius 2 is 1.87 bits per heavy atom. The van der Waals surface area contributed by atoms with Crippen LogP contribution in [0, 0.1) is 6.92 Å². The number of carbonyl (C=O) groups excluding carboxylic acids is 1. The number of nitrogens with zero attached hydrogens (tertiary/aromatic N) is 4. The highest BCUT2D eigenvalue weighted by Crippen LogP contribution is 2.28. The summed E-state index contributed by atoms with van der Waals surface area (Å²) >= 11 is 6.14. The zero-order valence-corrected chi connectivity index (χ0v) is 18.1. The van der Waals surface area contributed by atoms with Crippen molar-refractivity contribution < 1.29 is 13.2 Å². The van der Waals surface area contributed by atoms with Gasteiger partial charge in [0.25, 0.3) is 10.0 Å². The van der Waals surface area contributed by atoms with Gasteiger partial charge in [-0.15, -0.1) is 0 Å². The lowest BCUT2D eigenvalue weighted by molar-refractivity contribution is -0.114. The Labute approximate surface area is 183 Å². The minimum Gasteiger partial charge on any atom is -0.310 e. The van der Waals surface area contributed by atoms with Crippen LogP contribution < -0.4 is 10.0 Å². The maximum absolute atomic E-state index is 12.7. The summed E-state index contributed by atoms with van der Waals surface area (Å²) in [5, 5.41) is 7.06. The van der Waals surface area contributed by atoms with Gasteiger partial charge in [0.1, 0.15) is 0 Å². The van der Waals surface area contributed by atoms with E-state index in [9.17, 15) is 13.2 Å². The molecule has 0 radical (unpaired) electrons. The minimum absolute atomic E-state index is 0.0103. The summed E-state index contributed by atoms with van der Waals surface area (Å²) in [5.41, 5.74) is 2.67. The van der Waals surface area contributed by atoms with Crippen LogP contribution in [0.3, 0.4) is 0 Å². The van der Waals surface area contributed by atoms with E-state index in [-0.39, 0.29) is 21.6 Å². The molecule has 0 aliphatic heterocycles. The molecular formula is C20H17ClN6O3S. The molecule has 11 heteroatoms. The van der Waals surface area contributed by atoms with E-state index in [1.54, 1.807) is 36.5 Å². The highest BCUT2D eigenvalue weighted by Gasteiger charge is 2.17. The van der Waals surface area contributed by atoms with E-state index >= 15 is 0 Å². The topological polar surface area (TPSA) is 118 Å². The molecule has 1 aromatic carbocycles. The molecule has 1 amide bonds. The van der Waals surface area contributed by atoms with Crippen LogP contribution in [0.15, 0.2) is 59.8 Å². The van der Waals surface area contributed by atoms with Crippen LogP contribution in [-0.2, 0) is 14.8 Å². The van der Waals surface area contributed by atoms with Crippen molar-refractivity contribution >= 4 is 44.7 Å². The summed E-state index contributed by atoms with van der Waals surface area (Å²) in [6, 6.07) is 11.4. The Hall–Kier alpha value is -3.50. The van der Waals surface area contributed by atoms with E-state index < -0.39 is 10.0 Å². The molecule has 2 N–H and O–H groups in total. The number of anilines is 2. The molecule has 0 saturated carbocycles. The van der Waals surface area contributed by atoms with Gasteiger partial charge in [-0.3, -0.25) is 9.52 Å². The number of nitrogens with one attached hydrogen (secondary N) is 2. The van der Waals surface area contributed by atoms with Crippen molar-refractivity contribution in [2.45, 2.75) is 18.7 Å². The van der Waals surface area contributed by atoms with Gasteiger partial charge in [0.2, 0.25) is 5.91 Å². The van der Waals surface area contributed by atoms with Gasteiger partial charge in [0, 0.05) is 18.7 Å². The number of amides is 1. The lowest BCUT2D eigenvalue weighted by Crippen LogP contribution is -2.13. The summed E-state index contributed by atoms with van der Waals surface area (Å²) < 4.78 is 29.4. The average Bonchev–Trinajstić information content (AvgIpc) is 3.10. The predicted molar refractivity (Wildman–Crippen MR) is 118 cm³/mol. The fourth-order valence-corrected chi connectivity index (χ4v) is 4.12. The summed E-state index contributed by atoms with van der Waals surface area (Å²) in [5.74, 6) is 0.133. The van der Waals surface area contributed by atoms with Gasteiger partial charge in [-0.2, -0.15) is 5.10 Å². The smallest absolute Gasteiger partial charge is 0.261 e. The Bertz CT molecular complexity index is 1400. The molecule has 0 bridgehead atoms. The number of halogens is 1. The van der Waals surface area contributed by atoms with E-state index in [1.807, 2.05) is 6.92 Å². The monoisotopic (exact) mass is 456 g/mol. The average molecular weight is 457 g/mol. The van der Waals surface area contributed by atoms with Crippen molar-refractivity contribution in [3.8, 4) is 11.3 Å². The molecule has 0 fully saturated rings. The summed E-state index contributed by atoms with van der Waals surface area (Å²) in [4.78, 5) is 19.7. The standard InChI is InChI=1S/C20H17ClN6O3S/c1-12-3-5-15(6-4-12)31(29,30)26-17-9-14(10-22-20(17)21)16-7-8-19-24-18(23-13(2)28)11-27(19)25-16/h3-11,26H,1-2H3,(H,23,28). The quantitative estimate of drug-likeness (QED) is 0.443. The molecule has 0 atom stereocenters. The summed E-state index contributed by atoms with van der Waals surface area (Å²) in [7, 11) is -3.84. The molecule has 3 aromatic heterocycles. The number of fused-ring (bicyclic) bond motifs is 1. The van der Waals surface area contributed by atoms with Gasteiger partial charge in [-0.25, -0.2) is 22.9 Å². The molecule has 4 aromatic rings. The Kier molecular flexibility index (Phi) is 5.34. The van der Waals surface area contributed by atoms with E-state index in [0.29, 0.717) is 22.7 Å². The number of benzene rings is 1. The zero-order valence-electron chi connectivity index (χ0n) is 16.5. The predicted octanol–water partition coefficient (Wildman–Crippen LogP) is 3.51. The van der Waals surface area contributed by atoms with Crippen molar-refractivity contribution in [3.05, 3.63) is 65.6 Å². The van der Waals surface area contributed by atoms with E-state index in [0.717, 1.165) is 5.56 Å². The Balaban J connectivity index is 1.67. The van der Waals surface area contributed by atoms with Gasteiger partial charge >= 0.3 is 0 Å². The maximum Gasteiger partial charge on any atom is 0.261 e. The van der Waals surface area contributed by atoms with Crippen molar-refractivity contribution in [3.63, 3.8) is 0 Å². The molecular weight excluding hydrogens is 440 g/mol. The first-order valence-electron chi connectivity index (χ1n) is 9.11. The van der Waals surface area contributed by atoms with Crippen molar-refractivity contribution in [1.82, 2.24) is 19.6 Å². The number of imidazole rings is 1. The number of rotatable bonds is 5. The number of carbonyl (C=O) groups is 1. The molecule has 158 valence electrons. The second-order valence-electron chi connectivity index (χ2n) is 6.81. The Morgan fingerprint density at radius 3 is 2.58 bits per heavy atom. The number of aryl methyl sites for hydroxylation is 1. The third-order valence-corrected chi connectivity index (χ3v) is 6.02. The summed E-state index contributed by atoms with van der Waals surface area (Å²) in [6.45, 7) is 3.26. The van der Waals surface area contributed by atoms with Gasteiger partial charge < -0.3 is 5.32 Å². The molecule has 0 saturated heterocycles. The fraction of sp³-hybridized carbons (Fsp3) is 0.100. The number of aromatic nitrogens is 4. The number of hydrogen-bond acceptors (Lipinski definition) is 6. The van der Waals surface area contributed by atoms with E-state index in [1.165, 1.54) is 29.8 Å². The van der Waals surface area contributed by atoms with Crippen LogP contribution in [-0.4, -0.2) is 33.9 Å². The molecule has 9 nitrogen and oxygen atoms in total. The zero-order chi connectivity index (χ0) is 22.2. The second kappa shape index (κ2) is 7.97. The van der Waals surface area contributed by atoms with Crippen molar-refractivity contribution in [2.75, 3.05) is 10.0 Å². The third kappa shape index (κ3) is 4.49. The van der Waals surface area contributed by atoms with Crippen molar-refractivity contribution in [2.24, 2.45) is 0 Å².